The first-order valence-electron chi connectivity index (χ1n) is 7.71. The summed E-state index contributed by atoms with van der Waals surface area (Å²) in [5.74, 6) is 0.601. The summed E-state index contributed by atoms with van der Waals surface area (Å²) < 4.78 is 0. The van der Waals surface area contributed by atoms with Gasteiger partial charge in [0.2, 0.25) is 11.9 Å². The van der Waals surface area contributed by atoms with E-state index in [1.54, 1.807) is 6.20 Å². The van der Waals surface area contributed by atoms with Crippen LogP contribution in [0.1, 0.15) is 32.1 Å². The smallest absolute Gasteiger partial charge is 0.220 e. The Morgan fingerprint density at radius 1 is 1.17 bits per heavy atom. The van der Waals surface area contributed by atoms with Gasteiger partial charge in [0.15, 0.2) is 0 Å². The lowest BCUT2D eigenvalue weighted by Gasteiger charge is -2.45. The van der Waals surface area contributed by atoms with Crippen LogP contribution in [-0.4, -0.2) is 27.8 Å². The first kappa shape index (κ1) is 14.3. The first-order chi connectivity index (χ1) is 11.1. The van der Waals surface area contributed by atoms with E-state index in [-0.39, 0.29) is 5.96 Å². The number of fused-ring (bicyclic) bond motifs is 1. The molecule has 2 heterocycles. The largest absolute Gasteiger partial charge is 0.369 e. The molecule has 1 aromatic heterocycles. The average molecular weight is 332 g/mol. The molecule has 0 unspecified atom stereocenters. The molecule has 2 aliphatic rings. The standard InChI is InChI=1S/C15H18ClN7/c16-11-6-9(7-12-10(11)8-19-22-12)23-14(18)20-13(17)21-15(23)4-2-1-3-5-15/h6-8H,1-5H2,(H,19,22)(H4,17,18,20,21). The quantitative estimate of drug-likeness (QED) is 0.745. The van der Waals surface area contributed by atoms with Gasteiger partial charge in [-0.1, -0.05) is 18.0 Å². The van der Waals surface area contributed by atoms with E-state index in [0.29, 0.717) is 11.0 Å². The van der Waals surface area contributed by atoms with E-state index >= 15 is 0 Å². The Kier molecular flexibility index (Phi) is 3.19. The predicted molar refractivity (Wildman–Crippen MR) is 92.6 cm³/mol. The minimum Gasteiger partial charge on any atom is -0.369 e. The van der Waals surface area contributed by atoms with E-state index < -0.39 is 5.66 Å². The van der Waals surface area contributed by atoms with E-state index in [9.17, 15) is 0 Å². The van der Waals surface area contributed by atoms with Crippen molar-refractivity contribution in [2.24, 2.45) is 21.5 Å². The highest BCUT2D eigenvalue weighted by atomic mass is 35.5. The number of rotatable bonds is 1. The van der Waals surface area contributed by atoms with Crippen molar-refractivity contribution in [1.82, 2.24) is 10.2 Å². The molecule has 0 bridgehead atoms. The fourth-order valence-corrected chi connectivity index (χ4v) is 3.88. The van der Waals surface area contributed by atoms with Gasteiger partial charge in [-0.25, -0.2) is 4.99 Å². The van der Waals surface area contributed by atoms with Crippen molar-refractivity contribution in [3.8, 4) is 0 Å². The summed E-state index contributed by atoms with van der Waals surface area (Å²) >= 11 is 6.40. The molecule has 2 aromatic rings. The zero-order valence-corrected chi connectivity index (χ0v) is 13.3. The lowest BCUT2D eigenvalue weighted by atomic mass is 9.87. The maximum atomic E-state index is 6.40. The minimum absolute atomic E-state index is 0.245. The molecule has 1 aliphatic heterocycles. The highest BCUT2D eigenvalue weighted by Crippen LogP contribution is 2.41. The number of benzene rings is 1. The fraction of sp³-hybridized carbons (Fsp3) is 0.400. The molecule has 0 amide bonds. The van der Waals surface area contributed by atoms with Crippen LogP contribution < -0.4 is 16.4 Å². The molecule has 0 radical (unpaired) electrons. The number of aromatic amines is 1. The van der Waals surface area contributed by atoms with Crippen molar-refractivity contribution in [1.29, 1.82) is 0 Å². The van der Waals surface area contributed by atoms with E-state index in [1.165, 1.54) is 6.42 Å². The summed E-state index contributed by atoms with van der Waals surface area (Å²) in [7, 11) is 0. The molecule has 0 atom stereocenters. The SMILES string of the molecule is NC1=NC2(CCCCC2)N(c2cc(Cl)c3cn[nH]c3c2)C(N)=N1. The number of anilines is 1. The number of halogens is 1. The Balaban J connectivity index is 1.87. The van der Waals surface area contributed by atoms with E-state index in [1.807, 2.05) is 17.0 Å². The van der Waals surface area contributed by atoms with E-state index in [2.05, 4.69) is 20.2 Å². The van der Waals surface area contributed by atoms with E-state index in [0.717, 1.165) is 42.3 Å². The summed E-state index contributed by atoms with van der Waals surface area (Å²) in [5, 5.41) is 8.50. The number of guanidine groups is 2. The van der Waals surface area contributed by atoms with Crippen LogP contribution in [0.5, 0.6) is 0 Å². The predicted octanol–water partition coefficient (Wildman–Crippen LogP) is 2.33. The van der Waals surface area contributed by atoms with Gasteiger partial charge >= 0.3 is 0 Å². The topological polar surface area (TPSA) is 109 Å². The molecule has 120 valence electrons. The third-order valence-corrected chi connectivity index (χ3v) is 4.92. The van der Waals surface area contributed by atoms with Gasteiger partial charge in [-0.05, 0) is 37.8 Å². The molecule has 1 aliphatic carbocycles. The Morgan fingerprint density at radius 3 is 2.74 bits per heavy atom. The first-order valence-corrected chi connectivity index (χ1v) is 8.09. The third kappa shape index (κ3) is 2.23. The van der Waals surface area contributed by atoms with Crippen molar-refractivity contribution in [2.45, 2.75) is 37.8 Å². The second kappa shape index (κ2) is 5.13. The summed E-state index contributed by atoms with van der Waals surface area (Å²) in [4.78, 5) is 10.8. The van der Waals surface area contributed by atoms with Gasteiger partial charge in [-0.3, -0.25) is 10.00 Å². The van der Waals surface area contributed by atoms with Crippen LogP contribution in [0.3, 0.4) is 0 Å². The number of H-pyrrole nitrogens is 1. The lowest BCUT2D eigenvalue weighted by molar-refractivity contribution is 0.305. The van der Waals surface area contributed by atoms with Crippen molar-refractivity contribution < 1.29 is 0 Å². The zero-order valence-electron chi connectivity index (χ0n) is 12.6. The molecule has 5 N–H and O–H groups in total. The molecule has 8 heteroatoms. The lowest BCUT2D eigenvalue weighted by Crippen LogP contribution is -2.58. The van der Waals surface area contributed by atoms with Crippen molar-refractivity contribution >= 4 is 40.1 Å². The second-order valence-electron chi connectivity index (χ2n) is 6.08. The second-order valence-corrected chi connectivity index (χ2v) is 6.48. The number of aliphatic imine (C=N–C) groups is 2. The van der Waals surface area contributed by atoms with Gasteiger partial charge in [0.25, 0.3) is 0 Å². The van der Waals surface area contributed by atoms with Crippen LogP contribution in [0.25, 0.3) is 10.9 Å². The normalized spacial score (nSPS) is 20.7. The van der Waals surface area contributed by atoms with Gasteiger partial charge in [-0.15, -0.1) is 0 Å². The highest BCUT2D eigenvalue weighted by molar-refractivity contribution is 6.35. The molecule has 1 fully saturated rings. The summed E-state index contributed by atoms with van der Waals surface area (Å²) in [6.07, 6.45) is 6.86. The zero-order chi connectivity index (χ0) is 16.0. The number of nitrogens with zero attached hydrogens (tertiary/aromatic N) is 4. The monoisotopic (exact) mass is 331 g/mol. The molecule has 1 aromatic carbocycles. The Bertz CT molecular complexity index is 816. The van der Waals surface area contributed by atoms with Crippen LogP contribution in [-0.2, 0) is 0 Å². The summed E-state index contributed by atoms with van der Waals surface area (Å²) in [5.41, 5.74) is 13.4. The molecule has 23 heavy (non-hydrogen) atoms. The maximum absolute atomic E-state index is 6.40. The molecule has 4 rings (SSSR count). The molecule has 7 nitrogen and oxygen atoms in total. The average Bonchev–Trinajstić information content (AvgIpc) is 2.96. The third-order valence-electron chi connectivity index (χ3n) is 4.60. The summed E-state index contributed by atoms with van der Waals surface area (Å²) in [6, 6.07) is 3.86. The molecular weight excluding hydrogens is 314 g/mol. The molecule has 1 spiro atoms. The molecular formula is C15H18ClN7. The fourth-order valence-electron chi connectivity index (χ4n) is 3.62. The number of hydrogen-bond acceptors (Lipinski definition) is 6. The number of nitrogens with one attached hydrogen (secondary N) is 1. The van der Waals surface area contributed by atoms with E-state index in [4.69, 9.17) is 23.1 Å². The van der Waals surface area contributed by atoms with Crippen LogP contribution >= 0.6 is 11.6 Å². The molecule has 1 saturated carbocycles. The van der Waals surface area contributed by atoms with Gasteiger partial charge in [0, 0.05) is 11.1 Å². The number of nitrogens with two attached hydrogens (primary N) is 2. The van der Waals surface area contributed by atoms with Gasteiger partial charge < -0.3 is 11.5 Å². The Morgan fingerprint density at radius 2 is 1.96 bits per heavy atom. The van der Waals surface area contributed by atoms with Crippen molar-refractivity contribution in [3.05, 3.63) is 23.4 Å². The minimum atomic E-state index is -0.467. The van der Waals surface area contributed by atoms with Gasteiger partial charge in [-0.2, -0.15) is 10.1 Å². The molecule has 0 saturated heterocycles. The van der Waals surface area contributed by atoms with Crippen LogP contribution in [0, 0.1) is 0 Å². The maximum Gasteiger partial charge on any atom is 0.220 e. The highest BCUT2D eigenvalue weighted by Gasteiger charge is 2.42. The number of hydrogen-bond donors (Lipinski definition) is 3. The van der Waals surface area contributed by atoms with Crippen LogP contribution in [0.2, 0.25) is 5.02 Å². The van der Waals surface area contributed by atoms with Crippen molar-refractivity contribution in [2.75, 3.05) is 4.90 Å². The van der Waals surface area contributed by atoms with Gasteiger partial charge in [0.05, 0.1) is 16.7 Å². The van der Waals surface area contributed by atoms with Crippen LogP contribution in [0.4, 0.5) is 5.69 Å². The van der Waals surface area contributed by atoms with Crippen molar-refractivity contribution in [3.63, 3.8) is 0 Å². The number of aromatic nitrogens is 2. The van der Waals surface area contributed by atoms with Crippen LogP contribution in [0.15, 0.2) is 28.3 Å². The van der Waals surface area contributed by atoms with Gasteiger partial charge in [0.1, 0.15) is 5.66 Å². The Hall–Kier alpha value is -2.28. The Labute approximate surface area is 138 Å². The summed E-state index contributed by atoms with van der Waals surface area (Å²) in [6.45, 7) is 0.